The summed E-state index contributed by atoms with van der Waals surface area (Å²) in [7, 11) is 0. The van der Waals surface area contributed by atoms with Crippen molar-refractivity contribution in [2.45, 2.75) is 51.9 Å². The van der Waals surface area contributed by atoms with Crippen molar-refractivity contribution in [1.82, 2.24) is 0 Å². The molecule has 3 N–H and O–H groups in total. The molecule has 1 aromatic carbocycles. The van der Waals surface area contributed by atoms with Crippen molar-refractivity contribution >= 4 is 11.6 Å². The van der Waals surface area contributed by atoms with E-state index in [9.17, 15) is 4.79 Å². The second-order valence-electron chi connectivity index (χ2n) is 5.08. The number of carbonyl (C=O) groups is 1. The van der Waals surface area contributed by atoms with Crippen LogP contribution >= 0.6 is 0 Å². The first-order chi connectivity index (χ1) is 9.17. The van der Waals surface area contributed by atoms with Gasteiger partial charge in [-0.3, -0.25) is 4.79 Å². The molecule has 0 saturated heterocycles. The molecule has 0 heterocycles. The van der Waals surface area contributed by atoms with Crippen molar-refractivity contribution < 1.29 is 4.79 Å². The van der Waals surface area contributed by atoms with Crippen LogP contribution in [0.4, 0.5) is 5.69 Å². The third-order valence-corrected chi connectivity index (χ3v) is 3.48. The molecular formula is C16H26N2O. The number of unbranched alkanes of at least 4 members (excludes halogenated alkanes) is 2. The van der Waals surface area contributed by atoms with E-state index in [1.165, 1.54) is 5.56 Å². The van der Waals surface area contributed by atoms with Crippen LogP contribution in [-0.4, -0.2) is 12.5 Å². The number of nitrogens with two attached hydrogens (primary N) is 1. The van der Waals surface area contributed by atoms with E-state index in [0.29, 0.717) is 18.9 Å². The Balaban J connectivity index is 2.38. The Labute approximate surface area is 116 Å². The van der Waals surface area contributed by atoms with Gasteiger partial charge in [-0.15, -0.1) is 0 Å². The topological polar surface area (TPSA) is 55.1 Å². The van der Waals surface area contributed by atoms with Gasteiger partial charge in [0.2, 0.25) is 5.91 Å². The fraction of sp³-hybridized carbons (Fsp3) is 0.562. The molecule has 0 saturated carbocycles. The van der Waals surface area contributed by atoms with Gasteiger partial charge in [0.25, 0.3) is 0 Å². The Hall–Kier alpha value is -1.35. The summed E-state index contributed by atoms with van der Waals surface area (Å²) < 4.78 is 0. The number of hydrogen-bond donors (Lipinski definition) is 2. The van der Waals surface area contributed by atoms with Gasteiger partial charge in [-0.25, -0.2) is 0 Å². The maximum atomic E-state index is 11.7. The summed E-state index contributed by atoms with van der Waals surface area (Å²) >= 11 is 0. The van der Waals surface area contributed by atoms with E-state index in [4.69, 9.17) is 5.73 Å². The first kappa shape index (κ1) is 15.7. The molecule has 1 atom stereocenters. The van der Waals surface area contributed by atoms with Gasteiger partial charge in [0.15, 0.2) is 0 Å². The van der Waals surface area contributed by atoms with E-state index >= 15 is 0 Å². The smallest absolute Gasteiger partial charge is 0.224 e. The zero-order valence-electron chi connectivity index (χ0n) is 12.1. The summed E-state index contributed by atoms with van der Waals surface area (Å²) in [6.45, 7) is 5.10. The van der Waals surface area contributed by atoms with Gasteiger partial charge in [-0.2, -0.15) is 0 Å². The normalized spacial score (nSPS) is 12.2. The number of benzene rings is 1. The summed E-state index contributed by atoms with van der Waals surface area (Å²) in [5, 5.41) is 2.93. The molecule has 0 aliphatic carbocycles. The summed E-state index contributed by atoms with van der Waals surface area (Å²) in [4.78, 5) is 11.7. The molecule has 1 amide bonds. The molecule has 3 nitrogen and oxygen atoms in total. The maximum Gasteiger partial charge on any atom is 0.224 e. The molecule has 0 bridgehead atoms. The van der Waals surface area contributed by atoms with Crippen molar-refractivity contribution in [2.75, 3.05) is 11.9 Å². The number of nitrogens with one attached hydrogen (secondary N) is 1. The third-order valence-electron chi connectivity index (χ3n) is 3.48. The standard InChI is InChI=1S/C16H26N2O/c1-3-13(2)14-8-10-15(11-9-14)18-16(19)7-5-4-6-12-17/h8-11,13H,3-7,12,17H2,1-2H3,(H,18,19). The third kappa shape index (κ3) is 5.88. The van der Waals surface area contributed by atoms with Crippen LogP contribution in [-0.2, 0) is 4.79 Å². The zero-order chi connectivity index (χ0) is 14.1. The van der Waals surface area contributed by atoms with Gasteiger partial charge in [0, 0.05) is 12.1 Å². The molecule has 3 heteroatoms. The van der Waals surface area contributed by atoms with Crippen molar-refractivity contribution in [3.05, 3.63) is 29.8 Å². The van der Waals surface area contributed by atoms with Crippen molar-refractivity contribution in [1.29, 1.82) is 0 Å². The molecule has 0 aliphatic rings. The van der Waals surface area contributed by atoms with Crippen LogP contribution < -0.4 is 11.1 Å². The van der Waals surface area contributed by atoms with E-state index in [1.807, 2.05) is 12.1 Å². The average Bonchev–Trinajstić information content (AvgIpc) is 2.43. The van der Waals surface area contributed by atoms with Crippen LogP contribution in [0.25, 0.3) is 0 Å². The summed E-state index contributed by atoms with van der Waals surface area (Å²) in [5.41, 5.74) is 7.63. The molecule has 0 spiro atoms. The largest absolute Gasteiger partial charge is 0.330 e. The Kier molecular flexibility index (Phi) is 7.19. The average molecular weight is 262 g/mol. The van der Waals surface area contributed by atoms with Crippen molar-refractivity contribution in [2.24, 2.45) is 5.73 Å². The first-order valence-electron chi connectivity index (χ1n) is 7.27. The van der Waals surface area contributed by atoms with E-state index in [-0.39, 0.29) is 5.91 Å². The number of hydrogen-bond acceptors (Lipinski definition) is 2. The predicted molar refractivity (Wildman–Crippen MR) is 81.3 cm³/mol. The maximum absolute atomic E-state index is 11.7. The second-order valence-corrected chi connectivity index (χ2v) is 5.08. The molecular weight excluding hydrogens is 236 g/mol. The van der Waals surface area contributed by atoms with E-state index in [0.717, 1.165) is 31.4 Å². The Bertz CT molecular complexity index is 373. The van der Waals surface area contributed by atoms with Crippen molar-refractivity contribution in [3.63, 3.8) is 0 Å². The fourth-order valence-electron chi connectivity index (χ4n) is 1.96. The summed E-state index contributed by atoms with van der Waals surface area (Å²) in [6, 6.07) is 8.16. The lowest BCUT2D eigenvalue weighted by atomic mass is 9.99. The molecule has 0 fully saturated rings. The second kappa shape index (κ2) is 8.70. The molecule has 106 valence electrons. The Morgan fingerprint density at radius 1 is 1.21 bits per heavy atom. The molecule has 1 unspecified atom stereocenters. The number of amides is 1. The lowest BCUT2D eigenvalue weighted by molar-refractivity contribution is -0.116. The Morgan fingerprint density at radius 3 is 2.47 bits per heavy atom. The highest BCUT2D eigenvalue weighted by Gasteiger charge is 2.04. The fourth-order valence-corrected chi connectivity index (χ4v) is 1.96. The van der Waals surface area contributed by atoms with Gasteiger partial charge in [0.05, 0.1) is 0 Å². The summed E-state index contributed by atoms with van der Waals surface area (Å²) in [5.74, 6) is 0.661. The quantitative estimate of drug-likeness (QED) is 0.702. The molecule has 19 heavy (non-hydrogen) atoms. The number of rotatable bonds is 8. The predicted octanol–water partition coefficient (Wildman–Crippen LogP) is 3.66. The van der Waals surface area contributed by atoms with Crippen LogP contribution in [0.5, 0.6) is 0 Å². The minimum Gasteiger partial charge on any atom is -0.330 e. The van der Waals surface area contributed by atoms with Crippen molar-refractivity contribution in [3.8, 4) is 0 Å². The minimum atomic E-state index is 0.0910. The van der Waals surface area contributed by atoms with Crippen LogP contribution in [0.15, 0.2) is 24.3 Å². The molecule has 0 aromatic heterocycles. The van der Waals surface area contributed by atoms with Gasteiger partial charge in [-0.1, -0.05) is 32.4 Å². The summed E-state index contributed by atoms with van der Waals surface area (Å²) in [6.07, 6.45) is 4.64. The lowest BCUT2D eigenvalue weighted by Crippen LogP contribution is -2.11. The Morgan fingerprint density at radius 2 is 1.89 bits per heavy atom. The molecule has 1 rings (SSSR count). The minimum absolute atomic E-state index is 0.0910. The van der Waals surface area contributed by atoms with E-state index in [2.05, 4.69) is 31.3 Å². The van der Waals surface area contributed by atoms with Gasteiger partial charge in [0.1, 0.15) is 0 Å². The highest BCUT2D eigenvalue weighted by molar-refractivity contribution is 5.90. The molecule has 1 aromatic rings. The monoisotopic (exact) mass is 262 g/mol. The van der Waals surface area contributed by atoms with Crippen LogP contribution in [0.2, 0.25) is 0 Å². The van der Waals surface area contributed by atoms with Crippen LogP contribution in [0, 0.1) is 0 Å². The molecule has 0 radical (unpaired) electrons. The van der Waals surface area contributed by atoms with Gasteiger partial charge < -0.3 is 11.1 Å². The van der Waals surface area contributed by atoms with Crippen LogP contribution in [0.1, 0.15) is 57.4 Å². The number of anilines is 1. The van der Waals surface area contributed by atoms with E-state index < -0.39 is 0 Å². The SMILES string of the molecule is CCC(C)c1ccc(NC(=O)CCCCCN)cc1. The van der Waals surface area contributed by atoms with Gasteiger partial charge >= 0.3 is 0 Å². The number of carbonyl (C=O) groups excluding carboxylic acids is 1. The highest BCUT2D eigenvalue weighted by Crippen LogP contribution is 2.20. The van der Waals surface area contributed by atoms with Crippen LogP contribution in [0.3, 0.4) is 0 Å². The van der Waals surface area contributed by atoms with Gasteiger partial charge in [-0.05, 0) is 49.4 Å². The molecule has 0 aliphatic heterocycles. The first-order valence-corrected chi connectivity index (χ1v) is 7.27. The lowest BCUT2D eigenvalue weighted by Gasteiger charge is -2.10. The zero-order valence-corrected chi connectivity index (χ0v) is 12.1. The highest BCUT2D eigenvalue weighted by atomic mass is 16.1. The van der Waals surface area contributed by atoms with E-state index in [1.54, 1.807) is 0 Å².